The normalized spacial score (nSPS) is 17.8. The molecule has 5 aromatic carbocycles. The first-order chi connectivity index (χ1) is 20.8. The summed E-state index contributed by atoms with van der Waals surface area (Å²) < 4.78 is 8.10. The zero-order chi connectivity index (χ0) is 27.4. The van der Waals surface area contributed by atoms with Gasteiger partial charge in [-0.25, -0.2) is 0 Å². The number of hydrogen-bond donors (Lipinski definition) is 0. The highest BCUT2D eigenvalue weighted by Gasteiger charge is 2.42. The number of aromatic nitrogens is 1. The molecule has 0 spiro atoms. The van der Waals surface area contributed by atoms with E-state index >= 15 is 0 Å². The van der Waals surface area contributed by atoms with Crippen LogP contribution in [0.2, 0.25) is 0 Å². The minimum Gasteiger partial charge on any atom is -0.354 e. The van der Waals surface area contributed by atoms with E-state index in [1.54, 1.807) is 0 Å². The number of anilines is 1. The Bertz CT molecular complexity index is 2350. The van der Waals surface area contributed by atoms with Crippen LogP contribution in [0.15, 0.2) is 121 Å². The molecule has 3 aromatic heterocycles. The van der Waals surface area contributed by atoms with E-state index in [1.165, 1.54) is 74.2 Å². The Morgan fingerprint density at radius 2 is 1.21 bits per heavy atom. The smallest absolute Gasteiger partial charge is 0.0705 e. The van der Waals surface area contributed by atoms with Gasteiger partial charge in [0.05, 0.1) is 29.2 Å². The zero-order valence-electron chi connectivity index (χ0n) is 22.8. The highest BCUT2D eigenvalue weighted by molar-refractivity contribution is 7.26. The first-order valence-electron chi connectivity index (χ1n) is 14.8. The van der Waals surface area contributed by atoms with E-state index in [1.807, 2.05) is 22.7 Å². The van der Waals surface area contributed by atoms with Gasteiger partial charge < -0.3 is 9.47 Å². The molecule has 2 aliphatic heterocycles. The van der Waals surface area contributed by atoms with Gasteiger partial charge in [-0.05, 0) is 60.9 Å². The van der Waals surface area contributed by atoms with Crippen molar-refractivity contribution in [1.29, 1.82) is 0 Å². The van der Waals surface area contributed by atoms with Crippen LogP contribution in [0, 0.1) is 0 Å². The van der Waals surface area contributed by atoms with Gasteiger partial charge in [-0.1, -0.05) is 78.9 Å². The van der Waals surface area contributed by atoms with Gasteiger partial charge in [0.15, 0.2) is 0 Å². The summed E-state index contributed by atoms with van der Waals surface area (Å²) in [4.78, 5) is 2.74. The molecule has 2 unspecified atom stereocenters. The molecule has 2 nitrogen and oxygen atoms in total. The molecule has 10 rings (SSSR count). The molecule has 1 saturated heterocycles. The summed E-state index contributed by atoms with van der Waals surface area (Å²) in [7, 11) is 0. The molecule has 1 fully saturated rings. The zero-order valence-corrected chi connectivity index (χ0v) is 24.5. The molecule has 4 heteroatoms. The lowest BCUT2D eigenvalue weighted by Crippen LogP contribution is -2.32. The molecule has 0 aliphatic carbocycles. The van der Waals surface area contributed by atoms with Gasteiger partial charge in [-0.3, -0.25) is 0 Å². The maximum atomic E-state index is 2.74. The van der Waals surface area contributed by atoms with Crippen molar-refractivity contribution in [3.05, 3.63) is 133 Å². The van der Waals surface area contributed by atoms with Crippen molar-refractivity contribution >= 4 is 68.7 Å². The minimum absolute atomic E-state index is 0.349. The van der Waals surface area contributed by atoms with E-state index in [9.17, 15) is 0 Å². The molecule has 0 N–H and O–H groups in total. The third-order valence-corrected chi connectivity index (χ3v) is 11.9. The lowest BCUT2D eigenvalue weighted by molar-refractivity contribution is 0.629. The van der Waals surface area contributed by atoms with Crippen LogP contribution in [0.5, 0.6) is 0 Å². The quantitative estimate of drug-likeness (QED) is 0.199. The van der Waals surface area contributed by atoms with Gasteiger partial charge in [0.2, 0.25) is 0 Å². The first kappa shape index (κ1) is 23.2. The molecule has 42 heavy (non-hydrogen) atoms. The summed E-state index contributed by atoms with van der Waals surface area (Å²) in [6.07, 6.45) is 2.30. The standard InChI is InChI=1S/C38H26N2S2/c1-5-16-34-23(9-1)24-11-7-13-26(38(24)42-34)29-20-22-33-32-21-19-28(39(32)30-14-3-4-15-31(30)40(29)33)25-12-8-18-36-37(25)27-10-2-6-17-35(27)41-36/h1-19,21,29,33H,20,22H2. The fraction of sp³-hybridized carbons (Fsp3) is 0.105. The minimum atomic E-state index is 0.349. The molecule has 5 heterocycles. The second kappa shape index (κ2) is 8.57. The number of rotatable bonds is 2. The molecule has 0 radical (unpaired) electrons. The summed E-state index contributed by atoms with van der Waals surface area (Å²) in [5, 5.41) is 5.50. The molecule has 2 aliphatic rings. The van der Waals surface area contributed by atoms with Gasteiger partial charge in [0, 0.05) is 51.6 Å². The van der Waals surface area contributed by atoms with E-state index in [2.05, 4.69) is 131 Å². The number of fused-ring (bicyclic) bond motifs is 12. The van der Waals surface area contributed by atoms with Crippen LogP contribution in [0.4, 0.5) is 5.69 Å². The van der Waals surface area contributed by atoms with Gasteiger partial charge in [0.25, 0.3) is 0 Å². The van der Waals surface area contributed by atoms with Crippen molar-refractivity contribution in [1.82, 2.24) is 4.57 Å². The lowest BCUT2D eigenvalue weighted by atomic mass is 10.0. The van der Waals surface area contributed by atoms with Crippen LogP contribution in [-0.4, -0.2) is 4.57 Å². The summed E-state index contributed by atoms with van der Waals surface area (Å²) in [5.41, 5.74) is 8.13. The number of thiophene rings is 2. The average Bonchev–Trinajstić information content (AvgIpc) is 3.82. The maximum Gasteiger partial charge on any atom is 0.0705 e. The van der Waals surface area contributed by atoms with Crippen molar-refractivity contribution in [2.45, 2.75) is 24.9 Å². The van der Waals surface area contributed by atoms with E-state index in [4.69, 9.17) is 0 Å². The second-order valence-electron chi connectivity index (χ2n) is 11.6. The molecule has 0 saturated carbocycles. The highest BCUT2D eigenvalue weighted by Crippen LogP contribution is 2.55. The van der Waals surface area contributed by atoms with E-state index in [-0.39, 0.29) is 0 Å². The Labute approximate surface area is 251 Å². The number of para-hydroxylation sites is 2. The highest BCUT2D eigenvalue weighted by atomic mass is 32.1. The van der Waals surface area contributed by atoms with Gasteiger partial charge in [-0.15, -0.1) is 22.7 Å². The molecular weight excluding hydrogens is 549 g/mol. The summed E-state index contributed by atoms with van der Waals surface area (Å²) in [5.74, 6) is 0. The predicted octanol–water partition coefficient (Wildman–Crippen LogP) is 11.3. The van der Waals surface area contributed by atoms with Crippen LogP contribution >= 0.6 is 22.7 Å². The molecular formula is C38H26N2S2. The van der Waals surface area contributed by atoms with Crippen molar-refractivity contribution in [2.24, 2.45) is 0 Å². The van der Waals surface area contributed by atoms with E-state index < -0.39 is 0 Å². The number of nitrogens with zero attached hydrogens (tertiary/aromatic N) is 2. The summed E-state index contributed by atoms with van der Waals surface area (Å²) >= 11 is 3.85. The monoisotopic (exact) mass is 574 g/mol. The first-order valence-corrected chi connectivity index (χ1v) is 16.4. The van der Waals surface area contributed by atoms with Gasteiger partial charge in [-0.2, -0.15) is 0 Å². The third-order valence-electron chi connectivity index (χ3n) is 9.51. The summed E-state index contributed by atoms with van der Waals surface area (Å²) in [6.45, 7) is 0. The van der Waals surface area contributed by atoms with Crippen LogP contribution in [0.1, 0.15) is 36.2 Å². The van der Waals surface area contributed by atoms with Gasteiger partial charge in [0.1, 0.15) is 0 Å². The fourth-order valence-electron chi connectivity index (χ4n) is 7.83. The Hall–Kier alpha value is -4.38. The molecule has 200 valence electrons. The Kier molecular flexibility index (Phi) is 4.74. The topological polar surface area (TPSA) is 8.17 Å². The van der Waals surface area contributed by atoms with Crippen LogP contribution in [0.25, 0.3) is 57.3 Å². The SMILES string of the molecule is c1ccc2c(c1)N1C(c3cccc4c3sc3ccccc34)CCC1c1ccc(-c3cccc4sc5ccccc5c34)n1-2. The molecule has 0 bridgehead atoms. The Morgan fingerprint density at radius 1 is 0.524 bits per heavy atom. The van der Waals surface area contributed by atoms with Crippen molar-refractivity contribution in [2.75, 3.05) is 4.90 Å². The lowest BCUT2D eigenvalue weighted by Gasteiger charge is -2.39. The Balaban J connectivity index is 1.18. The fourth-order valence-corrected chi connectivity index (χ4v) is 10.2. The molecule has 0 amide bonds. The summed E-state index contributed by atoms with van der Waals surface area (Å²) in [6, 6.07) is 46.1. The van der Waals surface area contributed by atoms with E-state index in [0.717, 1.165) is 12.8 Å². The van der Waals surface area contributed by atoms with Crippen LogP contribution in [0.3, 0.4) is 0 Å². The van der Waals surface area contributed by atoms with Crippen molar-refractivity contribution in [3.63, 3.8) is 0 Å². The number of hydrogen-bond acceptors (Lipinski definition) is 3. The van der Waals surface area contributed by atoms with E-state index in [0.29, 0.717) is 12.1 Å². The largest absolute Gasteiger partial charge is 0.354 e. The van der Waals surface area contributed by atoms with Crippen molar-refractivity contribution in [3.8, 4) is 16.9 Å². The average molecular weight is 575 g/mol. The molecule has 8 aromatic rings. The van der Waals surface area contributed by atoms with Crippen LogP contribution < -0.4 is 4.90 Å². The van der Waals surface area contributed by atoms with Gasteiger partial charge >= 0.3 is 0 Å². The second-order valence-corrected chi connectivity index (χ2v) is 13.7. The Morgan fingerprint density at radius 3 is 2.12 bits per heavy atom. The molecule has 2 atom stereocenters. The third kappa shape index (κ3) is 3.03. The maximum absolute atomic E-state index is 2.74. The van der Waals surface area contributed by atoms with Crippen LogP contribution in [-0.2, 0) is 0 Å². The number of benzene rings is 5. The van der Waals surface area contributed by atoms with Crippen molar-refractivity contribution < 1.29 is 0 Å². The predicted molar refractivity (Wildman–Crippen MR) is 181 cm³/mol.